The van der Waals surface area contributed by atoms with Gasteiger partial charge in [-0.3, -0.25) is 14.8 Å². The number of pyridine rings is 1. The number of aliphatic imine (C=N–C) groups is 1. The second-order valence-corrected chi connectivity index (χ2v) is 7.22. The molecule has 1 N–H and O–H groups in total. The van der Waals surface area contributed by atoms with Crippen molar-refractivity contribution in [2.45, 2.75) is 6.92 Å². The molecule has 0 aliphatic heterocycles. The molecule has 2 heterocycles. The van der Waals surface area contributed by atoms with E-state index >= 15 is 0 Å². The molecule has 1 aromatic carbocycles. The molecule has 0 aliphatic rings. The van der Waals surface area contributed by atoms with Gasteiger partial charge in [-0.2, -0.15) is 0 Å². The average molecular weight is 405 g/mol. The molecule has 26 heavy (non-hydrogen) atoms. The number of aromatic nitrogens is 1. The van der Waals surface area contributed by atoms with E-state index in [2.05, 4.69) is 9.98 Å². The van der Waals surface area contributed by atoms with E-state index in [0.29, 0.717) is 31.8 Å². The maximum Gasteiger partial charge on any atom is 0.185 e. The Kier molecular flexibility index (Phi) is 5.71. The van der Waals surface area contributed by atoms with Crippen LogP contribution in [-0.2, 0) is 0 Å². The summed E-state index contributed by atoms with van der Waals surface area (Å²) in [4.78, 5) is 21.0. The topological polar surface area (TPSA) is 62.5 Å². The molecule has 0 radical (unpaired) electrons. The van der Waals surface area contributed by atoms with Crippen molar-refractivity contribution in [3.8, 4) is 16.2 Å². The highest BCUT2D eigenvalue weighted by molar-refractivity contribution is 7.14. The van der Waals surface area contributed by atoms with Gasteiger partial charge < -0.3 is 5.11 Å². The second kappa shape index (κ2) is 7.99. The summed E-state index contributed by atoms with van der Waals surface area (Å²) in [6, 6.07) is 8.59. The zero-order valence-electron chi connectivity index (χ0n) is 13.7. The summed E-state index contributed by atoms with van der Waals surface area (Å²) in [6.07, 6.45) is 3.12. The molecule has 4 nitrogen and oxygen atoms in total. The zero-order valence-corrected chi connectivity index (χ0v) is 16.1. The molecular formula is C19H14Cl2N2O2S. The lowest BCUT2D eigenvalue weighted by Crippen LogP contribution is -2.06. The highest BCUT2D eigenvalue weighted by Gasteiger charge is 2.16. The predicted molar refractivity (Wildman–Crippen MR) is 107 cm³/mol. The molecule has 0 bridgehead atoms. The quantitative estimate of drug-likeness (QED) is 0.450. The SMILES string of the molecule is CC(=NCC(=O)c1cccnc1)c1csc(-c2ccc(Cl)c(Cl)c2)c1O. The van der Waals surface area contributed by atoms with Gasteiger partial charge in [0.2, 0.25) is 0 Å². The van der Waals surface area contributed by atoms with Gasteiger partial charge >= 0.3 is 0 Å². The van der Waals surface area contributed by atoms with Crippen LogP contribution in [0.4, 0.5) is 0 Å². The van der Waals surface area contributed by atoms with Crippen LogP contribution < -0.4 is 0 Å². The molecule has 0 amide bonds. The summed E-state index contributed by atoms with van der Waals surface area (Å²) in [5.41, 5.74) is 2.46. The fraction of sp³-hybridized carbons (Fsp3) is 0.105. The van der Waals surface area contributed by atoms with Crippen molar-refractivity contribution in [2.75, 3.05) is 6.54 Å². The molecule has 0 aliphatic carbocycles. The van der Waals surface area contributed by atoms with Crippen molar-refractivity contribution < 1.29 is 9.90 Å². The summed E-state index contributed by atoms with van der Waals surface area (Å²) in [7, 11) is 0. The van der Waals surface area contributed by atoms with Crippen LogP contribution >= 0.6 is 34.5 Å². The van der Waals surface area contributed by atoms with Crippen molar-refractivity contribution in [3.63, 3.8) is 0 Å². The fourth-order valence-electron chi connectivity index (χ4n) is 2.35. The van der Waals surface area contributed by atoms with Gasteiger partial charge in [0.15, 0.2) is 5.78 Å². The minimum atomic E-state index is -0.128. The van der Waals surface area contributed by atoms with Gasteiger partial charge in [0.1, 0.15) is 12.3 Å². The third-order valence-corrected chi connectivity index (χ3v) is 5.54. The van der Waals surface area contributed by atoms with E-state index in [9.17, 15) is 9.90 Å². The lowest BCUT2D eigenvalue weighted by Gasteiger charge is -2.04. The number of benzene rings is 1. The van der Waals surface area contributed by atoms with E-state index in [4.69, 9.17) is 23.2 Å². The number of carbonyl (C=O) groups is 1. The molecule has 0 fully saturated rings. The van der Waals surface area contributed by atoms with Crippen molar-refractivity contribution >= 4 is 46.0 Å². The Hall–Kier alpha value is -2.21. The Morgan fingerprint density at radius 2 is 2.08 bits per heavy atom. The fourth-order valence-corrected chi connectivity index (χ4v) is 3.65. The van der Waals surface area contributed by atoms with E-state index in [1.807, 2.05) is 0 Å². The zero-order chi connectivity index (χ0) is 18.7. The molecule has 7 heteroatoms. The first-order valence-electron chi connectivity index (χ1n) is 7.68. The molecule has 0 saturated heterocycles. The average Bonchev–Trinajstić information content (AvgIpc) is 3.04. The molecule has 2 aromatic heterocycles. The maximum atomic E-state index is 12.1. The Morgan fingerprint density at radius 3 is 2.77 bits per heavy atom. The second-order valence-electron chi connectivity index (χ2n) is 5.52. The number of Topliss-reactive ketones (excluding diaryl/α,β-unsaturated/α-hetero) is 1. The van der Waals surface area contributed by atoms with E-state index in [1.165, 1.54) is 17.5 Å². The number of hydrogen-bond acceptors (Lipinski definition) is 5. The Balaban J connectivity index is 1.82. The molecule has 0 spiro atoms. The van der Waals surface area contributed by atoms with Crippen molar-refractivity contribution in [1.29, 1.82) is 0 Å². The van der Waals surface area contributed by atoms with Crippen LogP contribution in [0.2, 0.25) is 10.0 Å². The monoisotopic (exact) mass is 404 g/mol. The Morgan fingerprint density at radius 1 is 1.27 bits per heavy atom. The first kappa shape index (κ1) is 18.6. The number of rotatable bonds is 5. The minimum Gasteiger partial charge on any atom is -0.506 e. The highest BCUT2D eigenvalue weighted by Crippen LogP contribution is 2.40. The number of halogens is 2. The lowest BCUT2D eigenvalue weighted by atomic mass is 10.1. The summed E-state index contributed by atoms with van der Waals surface area (Å²) in [5, 5.41) is 13.2. The normalized spacial score (nSPS) is 11.6. The highest BCUT2D eigenvalue weighted by atomic mass is 35.5. The number of aromatic hydroxyl groups is 1. The van der Waals surface area contributed by atoms with Crippen LogP contribution in [0.5, 0.6) is 5.75 Å². The standard InChI is InChI=1S/C19H14Cl2N2O2S/c1-11(23-9-17(24)13-3-2-6-22-8-13)14-10-26-19(18(14)25)12-4-5-15(20)16(21)7-12/h2-8,10,25H,9H2,1H3. The molecular weight excluding hydrogens is 391 g/mol. The van der Waals surface area contributed by atoms with Crippen LogP contribution in [0.3, 0.4) is 0 Å². The first-order valence-corrected chi connectivity index (χ1v) is 9.31. The molecule has 132 valence electrons. The van der Waals surface area contributed by atoms with Crippen LogP contribution in [0, 0.1) is 0 Å². The third kappa shape index (κ3) is 3.96. The lowest BCUT2D eigenvalue weighted by molar-refractivity contribution is 0.100. The summed E-state index contributed by atoms with van der Waals surface area (Å²) < 4.78 is 0. The molecule has 3 rings (SSSR count). The first-order chi connectivity index (χ1) is 12.5. The number of carbonyl (C=O) groups excluding carboxylic acids is 1. The number of thiophene rings is 1. The molecule has 0 atom stereocenters. The predicted octanol–water partition coefficient (Wildman–Crippen LogP) is 5.51. The molecule has 3 aromatic rings. The van der Waals surface area contributed by atoms with E-state index in [-0.39, 0.29) is 18.1 Å². The number of ketones is 1. The Bertz CT molecular complexity index is 984. The Labute approximate surface area is 164 Å². The summed E-state index contributed by atoms with van der Waals surface area (Å²) in [5.74, 6) is -0.0136. The van der Waals surface area contributed by atoms with Crippen LogP contribution in [0.1, 0.15) is 22.8 Å². The van der Waals surface area contributed by atoms with Crippen molar-refractivity contribution in [1.82, 2.24) is 4.98 Å². The van der Waals surface area contributed by atoms with Crippen molar-refractivity contribution in [2.24, 2.45) is 4.99 Å². The van der Waals surface area contributed by atoms with Gasteiger partial charge in [-0.15, -0.1) is 11.3 Å². The van der Waals surface area contributed by atoms with Gasteiger partial charge in [0.05, 0.1) is 14.9 Å². The molecule has 0 unspecified atom stereocenters. The van der Waals surface area contributed by atoms with Gasteiger partial charge in [-0.05, 0) is 36.8 Å². The van der Waals surface area contributed by atoms with Crippen LogP contribution in [-0.4, -0.2) is 28.1 Å². The van der Waals surface area contributed by atoms with Gasteiger partial charge in [0, 0.05) is 34.6 Å². The van der Waals surface area contributed by atoms with E-state index in [0.717, 1.165) is 5.56 Å². The van der Waals surface area contributed by atoms with Gasteiger partial charge in [0.25, 0.3) is 0 Å². The maximum absolute atomic E-state index is 12.1. The molecule has 0 saturated carbocycles. The van der Waals surface area contributed by atoms with E-state index in [1.54, 1.807) is 48.8 Å². The largest absolute Gasteiger partial charge is 0.506 e. The number of nitrogens with zero attached hydrogens (tertiary/aromatic N) is 2. The summed E-state index contributed by atoms with van der Waals surface area (Å²) >= 11 is 13.4. The smallest absolute Gasteiger partial charge is 0.185 e. The van der Waals surface area contributed by atoms with E-state index < -0.39 is 0 Å². The summed E-state index contributed by atoms with van der Waals surface area (Å²) in [6.45, 7) is 1.76. The van der Waals surface area contributed by atoms with Gasteiger partial charge in [-0.1, -0.05) is 29.3 Å². The van der Waals surface area contributed by atoms with Crippen LogP contribution in [0.15, 0.2) is 53.1 Å². The van der Waals surface area contributed by atoms with Crippen LogP contribution in [0.25, 0.3) is 10.4 Å². The minimum absolute atomic E-state index is 0.00504. The van der Waals surface area contributed by atoms with Crippen molar-refractivity contribution in [3.05, 3.63) is 69.3 Å². The van der Waals surface area contributed by atoms with Gasteiger partial charge in [-0.25, -0.2) is 0 Å². The third-order valence-electron chi connectivity index (χ3n) is 3.78. The number of hydrogen-bond donors (Lipinski definition) is 1.